The third-order valence-corrected chi connectivity index (χ3v) is 11.4. The Morgan fingerprint density at radius 1 is 0.300 bits per heavy atom. The SMILES string of the molecule is CC/C=C\C/C=C\C/C=C\C/C=C\C/C=C\C/C=C\CCCCCCCCCCC(=O)OCC(COC(=O)CCCCCCC/C=C\CCCCC)OC(=O)CC/C=C\C/C=C\C/C=C\C/C=C\CC. The minimum atomic E-state index is -0.827. The van der Waals surface area contributed by atoms with Gasteiger partial charge in [0.05, 0.1) is 0 Å². The lowest BCUT2D eigenvalue weighted by Gasteiger charge is -2.18. The highest BCUT2D eigenvalue weighted by molar-refractivity contribution is 5.71. The Morgan fingerprint density at radius 3 is 0.943 bits per heavy atom. The van der Waals surface area contributed by atoms with Gasteiger partial charge >= 0.3 is 17.9 Å². The van der Waals surface area contributed by atoms with E-state index < -0.39 is 12.1 Å². The van der Waals surface area contributed by atoms with Gasteiger partial charge in [0.1, 0.15) is 13.2 Å². The first-order valence-corrected chi connectivity index (χ1v) is 28.2. The first kappa shape index (κ1) is 65.5. The Bertz CT molecular complexity index is 1530. The predicted octanol–water partition coefficient (Wildman–Crippen LogP) is 19.0. The molecule has 0 aromatic rings. The number of allylic oxidation sites excluding steroid dienone is 22. The molecule has 394 valence electrons. The monoisotopic (exact) mass is 967 g/mol. The van der Waals surface area contributed by atoms with E-state index in [2.05, 4.69) is 142 Å². The number of hydrogen-bond donors (Lipinski definition) is 0. The molecule has 0 heterocycles. The molecule has 0 N–H and O–H groups in total. The zero-order valence-electron chi connectivity index (χ0n) is 45.0. The normalized spacial score (nSPS) is 13.1. The average molecular weight is 968 g/mol. The van der Waals surface area contributed by atoms with E-state index in [4.69, 9.17) is 14.2 Å². The second-order valence-electron chi connectivity index (χ2n) is 18.1. The van der Waals surface area contributed by atoms with E-state index >= 15 is 0 Å². The Labute approximate surface area is 430 Å². The van der Waals surface area contributed by atoms with Gasteiger partial charge < -0.3 is 14.2 Å². The van der Waals surface area contributed by atoms with Crippen molar-refractivity contribution in [3.63, 3.8) is 0 Å². The molecule has 0 fully saturated rings. The fourth-order valence-electron chi connectivity index (χ4n) is 7.22. The summed E-state index contributed by atoms with van der Waals surface area (Å²) in [5.41, 5.74) is 0. The maximum atomic E-state index is 12.8. The van der Waals surface area contributed by atoms with Crippen molar-refractivity contribution >= 4 is 17.9 Å². The highest BCUT2D eigenvalue weighted by atomic mass is 16.6. The lowest BCUT2D eigenvalue weighted by molar-refractivity contribution is -0.166. The number of ether oxygens (including phenoxy) is 3. The molecule has 0 aliphatic carbocycles. The highest BCUT2D eigenvalue weighted by Crippen LogP contribution is 2.13. The summed E-state index contributed by atoms with van der Waals surface area (Å²) in [4.78, 5) is 38.0. The molecule has 0 bridgehead atoms. The number of rotatable bonds is 49. The molecular formula is C64H102O6. The van der Waals surface area contributed by atoms with Gasteiger partial charge in [-0.25, -0.2) is 0 Å². The molecule has 0 aliphatic rings. The van der Waals surface area contributed by atoms with Crippen molar-refractivity contribution in [3.8, 4) is 0 Å². The third-order valence-electron chi connectivity index (χ3n) is 11.4. The Balaban J connectivity index is 4.36. The summed E-state index contributed by atoms with van der Waals surface area (Å²) < 4.78 is 16.7. The fraction of sp³-hybridized carbons (Fsp3) is 0.609. The second-order valence-corrected chi connectivity index (χ2v) is 18.1. The largest absolute Gasteiger partial charge is 0.462 e. The summed E-state index contributed by atoms with van der Waals surface area (Å²) in [5.74, 6) is -1.02. The first-order valence-electron chi connectivity index (χ1n) is 28.2. The van der Waals surface area contributed by atoms with Crippen molar-refractivity contribution in [3.05, 3.63) is 134 Å². The summed E-state index contributed by atoms with van der Waals surface area (Å²) >= 11 is 0. The van der Waals surface area contributed by atoms with Crippen LogP contribution in [0.2, 0.25) is 0 Å². The Morgan fingerprint density at radius 2 is 0.586 bits per heavy atom. The van der Waals surface area contributed by atoms with Crippen molar-refractivity contribution in [1.82, 2.24) is 0 Å². The lowest BCUT2D eigenvalue weighted by Crippen LogP contribution is -2.30. The highest BCUT2D eigenvalue weighted by Gasteiger charge is 2.19. The van der Waals surface area contributed by atoms with E-state index in [0.29, 0.717) is 19.3 Å². The molecule has 0 saturated heterocycles. The molecule has 0 radical (unpaired) electrons. The number of carbonyl (C=O) groups is 3. The number of hydrogen-bond acceptors (Lipinski definition) is 6. The fourth-order valence-corrected chi connectivity index (χ4v) is 7.22. The van der Waals surface area contributed by atoms with Crippen LogP contribution in [0.4, 0.5) is 0 Å². The van der Waals surface area contributed by atoms with Crippen LogP contribution in [-0.4, -0.2) is 37.2 Å². The van der Waals surface area contributed by atoms with Crippen LogP contribution >= 0.6 is 0 Å². The van der Waals surface area contributed by atoms with E-state index in [-0.39, 0.29) is 31.6 Å². The van der Waals surface area contributed by atoms with Gasteiger partial charge in [-0.2, -0.15) is 0 Å². The van der Waals surface area contributed by atoms with Crippen molar-refractivity contribution in [2.24, 2.45) is 0 Å². The lowest BCUT2D eigenvalue weighted by atomic mass is 10.1. The molecule has 70 heavy (non-hydrogen) atoms. The van der Waals surface area contributed by atoms with Crippen molar-refractivity contribution in [2.45, 2.75) is 239 Å². The number of esters is 3. The summed E-state index contributed by atoms with van der Waals surface area (Å²) in [6, 6.07) is 0. The predicted molar refractivity (Wildman–Crippen MR) is 302 cm³/mol. The van der Waals surface area contributed by atoms with Gasteiger partial charge in [0.15, 0.2) is 6.10 Å². The molecular weight excluding hydrogens is 865 g/mol. The number of unbranched alkanes of at least 4 members (excludes halogenated alkanes) is 16. The van der Waals surface area contributed by atoms with Crippen LogP contribution in [0, 0.1) is 0 Å². The molecule has 0 aromatic heterocycles. The van der Waals surface area contributed by atoms with Gasteiger partial charge in [-0.1, -0.05) is 225 Å². The van der Waals surface area contributed by atoms with Crippen molar-refractivity contribution in [2.75, 3.05) is 13.2 Å². The van der Waals surface area contributed by atoms with Crippen LogP contribution in [-0.2, 0) is 28.6 Å². The molecule has 0 amide bonds. The summed E-state index contributed by atoms with van der Waals surface area (Å²) in [6.45, 7) is 6.29. The maximum absolute atomic E-state index is 12.8. The average Bonchev–Trinajstić information content (AvgIpc) is 3.36. The Kier molecular flexibility index (Phi) is 53.5. The quantitative estimate of drug-likeness (QED) is 0.0262. The van der Waals surface area contributed by atoms with Gasteiger partial charge in [0.25, 0.3) is 0 Å². The first-order chi connectivity index (χ1) is 34.5. The molecule has 0 spiro atoms. The van der Waals surface area contributed by atoms with Gasteiger partial charge in [0.2, 0.25) is 0 Å². The van der Waals surface area contributed by atoms with Crippen molar-refractivity contribution in [1.29, 1.82) is 0 Å². The smallest absolute Gasteiger partial charge is 0.306 e. The minimum Gasteiger partial charge on any atom is -0.462 e. The zero-order valence-corrected chi connectivity index (χ0v) is 45.0. The zero-order chi connectivity index (χ0) is 50.7. The van der Waals surface area contributed by atoms with Gasteiger partial charge in [-0.3, -0.25) is 14.4 Å². The van der Waals surface area contributed by atoms with Crippen LogP contribution < -0.4 is 0 Å². The molecule has 0 saturated carbocycles. The molecule has 6 heteroatoms. The molecule has 0 rings (SSSR count). The van der Waals surface area contributed by atoms with Gasteiger partial charge in [-0.05, 0) is 122 Å². The number of carbonyl (C=O) groups excluding carboxylic acids is 3. The third kappa shape index (κ3) is 54.5. The molecule has 1 unspecified atom stereocenters. The van der Waals surface area contributed by atoms with Gasteiger partial charge in [0, 0.05) is 19.3 Å². The van der Waals surface area contributed by atoms with Crippen LogP contribution in [0.15, 0.2) is 134 Å². The van der Waals surface area contributed by atoms with Crippen LogP contribution in [0.3, 0.4) is 0 Å². The second kappa shape index (κ2) is 57.1. The molecule has 1 atom stereocenters. The van der Waals surface area contributed by atoms with Crippen molar-refractivity contribution < 1.29 is 28.6 Å². The van der Waals surface area contributed by atoms with Gasteiger partial charge in [-0.15, -0.1) is 0 Å². The van der Waals surface area contributed by atoms with Crippen LogP contribution in [0.25, 0.3) is 0 Å². The standard InChI is InChI=1S/C64H102O6/c1-4-7-10-13-16-19-22-25-26-27-28-29-30-31-32-33-34-35-36-37-38-40-42-45-48-51-54-57-63(66)69-60-61(59-68-62(65)56-53-50-47-44-41-24-21-18-15-12-9-6-3)70-64(67)58-55-52-49-46-43-39-23-20-17-14-11-8-5-2/h7-8,10-11,16-21,25-26,28-29,31-32,34-35,39,43,49,52,61H,4-6,9,12-15,22-24,27,30,33,36-38,40-42,44-48,50-51,53-60H2,1-3H3/b10-7-,11-8-,19-16-,20-17-,21-18-,26-25-,29-28-,32-31-,35-34-,43-39-,52-49-. The summed E-state index contributed by atoms with van der Waals surface area (Å²) in [6.07, 6.45) is 80.3. The minimum absolute atomic E-state index is 0.117. The molecule has 0 aliphatic heterocycles. The molecule has 0 aromatic carbocycles. The van der Waals surface area contributed by atoms with Crippen LogP contribution in [0.5, 0.6) is 0 Å². The van der Waals surface area contributed by atoms with E-state index in [1.54, 1.807) is 0 Å². The van der Waals surface area contributed by atoms with Crippen LogP contribution in [0.1, 0.15) is 233 Å². The Hall–Kier alpha value is -4.45. The summed E-state index contributed by atoms with van der Waals surface area (Å²) in [5, 5.41) is 0. The topological polar surface area (TPSA) is 78.9 Å². The van der Waals surface area contributed by atoms with E-state index in [1.807, 2.05) is 12.2 Å². The maximum Gasteiger partial charge on any atom is 0.306 e. The van der Waals surface area contributed by atoms with E-state index in [1.165, 1.54) is 64.2 Å². The van der Waals surface area contributed by atoms with E-state index in [9.17, 15) is 14.4 Å². The molecule has 6 nitrogen and oxygen atoms in total. The van der Waals surface area contributed by atoms with E-state index in [0.717, 1.165) is 122 Å². The summed E-state index contributed by atoms with van der Waals surface area (Å²) in [7, 11) is 0.